The van der Waals surface area contributed by atoms with Gasteiger partial charge in [0.2, 0.25) is 0 Å². The second kappa shape index (κ2) is 7.36. The summed E-state index contributed by atoms with van der Waals surface area (Å²) in [6.07, 6.45) is 0. The molecule has 1 amide bonds. The minimum absolute atomic E-state index is 0.124. The highest BCUT2D eigenvalue weighted by atomic mass is 79.9. The van der Waals surface area contributed by atoms with Gasteiger partial charge in [0.05, 0.1) is 11.6 Å². The summed E-state index contributed by atoms with van der Waals surface area (Å²) in [7, 11) is 0. The van der Waals surface area contributed by atoms with Crippen LogP contribution >= 0.6 is 15.9 Å². The zero-order valence-corrected chi connectivity index (χ0v) is 14.0. The van der Waals surface area contributed by atoms with E-state index in [9.17, 15) is 14.0 Å². The minimum Gasteiger partial charge on any atom is -0.452 e. The molecule has 1 atom stereocenters. The summed E-state index contributed by atoms with van der Waals surface area (Å²) >= 11 is 3.08. The van der Waals surface area contributed by atoms with Gasteiger partial charge in [-0.1, -0.05) is 29.8 Å². The Balaban J connectivity index is 2.65. The number of carbonyl (C=O) groups excluding carboxylic acids is 2. The Morgan fingerprint density at radius 2 is 2.14 bits per heavy atom. The van der Waals surface area contributed by atoms with Crippen LogP contribution in [0.25, 0.3) is 0 Å². The lowest BCUT2D eigenvalue weighted by Gasteiger charge is -2.27. The molecule has 0 bridgehead atoms. The van der Waals surface area contributed by atoms with Gasteiger partial charge in [0, 0.05) is 4.47 Å². The number of rotatable bonds is 5. The maximum Gasteiger partial charge on any atom is 0.341 e. The zero-order valence-electron chi connectivity index (χ0n) is 12.4. The third-order valence-corrected chi connectivity index (χ3v) is 3.76. The first-order valence-corrected chi connectivity index (χ1v) is 7.33. The molecule has 0 spiro atoms. The van der Waals surface area contributed by atoms with Crippen LogP contribution < -0.4 is 5.32 Å². The van der Waals surface area contributed by atoms with Crippen LogP contribution in [0.5, 0.6) is 0 Å². The van der Waals surface area contributed by atoms with Gasteiger partial charge in [-0.05, 0) is 31.0 Å². The molecule has 1 aromatic rings. The molecular formula is C15H16BrFN2O3. The Labute approximate surface area is 136 Å². The summed E-state index contributed by atoms with van der Waals surface area (Å²) in [5.41, 5.74) is -1.32. The van der Waals surface area contributed by atoms with Crippen molar-refractivity contribution in [1.82, 2.24) is 5.32 Å². The van der Waals surface area contributed by atoms with Crippen LogP contribution in [0.1, 0.15) is 31.1 Å². The third kappa shape index (κ3) is 4.53. The highest BCUT2D eigenvalue weighted by Crippen LogP contribution is 2.17. The molecule has 0 unspecified atom stereocenters. The first-order valence-electron chi connectivity index (χ1n) is 6.54. The standard InChI is InChI=1S/C15H16BrFN2O3/c1-9(2)15(3,8-18)19-13(20)7-22-14(21)11-5-4-10(16)6-12(11)17/h4-6,9H,7H2,1-3H3,(H,19,20)/t15-/m0/s1. The van der Waals surface area contributed by atoms with E-state index >= 15 is 0 Å². The van der Waals surface area contributed by atoms with Gasteiger partial charge in [0.25, 0.3) is 5.91 Å². The number of nitrogens with one attached hydrogen (secondary N) is 1. The Morgan fingerprint density at radius 1 is 1.50 bits per heavy atom. The van der Waals surface area contributed by atoms with Crippen LogP contribution in [-0.2, 0) is 9.53 Å². The van der Waals surface area contributed by atoms with Crippen molar-refractivity contribution < 1.29 is 18.7 Å². The first kappa shape index (κ1) is 18.1. The summed E-state index contributed by atoms with van der Waals surface area (Å²) in [5.74, 6) is -2.43. The van der Waals surface area contributed by atoms with Crippen LogP contribution in [0.4, 0.5) is 4.39 Å². The number of ether oxygens (including phenoxy) is 1. The maximum atomic E-state index is 13.6. The molecule has 0 saturated carbocycles. The summed E-state index contributed by atoms with van der Waals surface area (Å²) in [6, 6.07) is 5.88. The summed E-state index contributed by atoms with van der Waals surface area (Å²) < 4.78 is 18.8. The largest absolute Gasteiger partial charge is 0.452 e. The average molecular weight is 371 g/mol. The first-order chi connectivity index (χ1) is 10.2. The van der Waals surface area contributed by atoms with Crippen molar-refractivity contribution >= 4 is 27.8 Å². The van der Waals surface area contributed by atoms with Crippen LogP contribution in [-0.4, -0.2) is 24.0 Å². The molecule has 0 radical (unpaired) electrons. The Kier molecular flexibility index (Phi) is 6.06. The van der Waals surface area contributed by atoms with E-state index in [-0.39, 0.29) is 11.5 Å². The molecule has 0 fully saturated rings. The highest BCUT2D eigenvalue weighted by Gasteiger charge is 2.30. The van der Waals surface area contributed by atoms with Gasteiger partial charge >= 0.3 is 5.97 Å². The van der Waals surface area contributed by atoms with Gasteiger partial charge in [-0.3, -0.25) is 4.79 Å². The predicted octanol–water partition coefficient (Wildman–Crippen LogP) is 2.80. The topological polar surface area (TPSA) is 79.2 Å². The molecule has 0 aromatic heterocycles. The molecule has 1 rings (SSSR count). The Bertz CT molecular complexity index is 628. The lowest BCUT2D eigenvalue weighted by molar-refractivity contribution is -0.125. The molecule has 0 aliphatic heterocycles. The van der Waals surface area contributed by atoms with Gasteiger partial charge in [-0.25, -0.2) is 9.18 Å². The SMILES string of the molecule is CC(C)[C@](C)(C#N)NC(=O)COC(=O)c1ccc(Br)cc1F. The number of benzene rings is 1. The third-order valence-electron chi connectivity index (χ3n) is 3.27. The number of amides is 1. The smallest absolute Gasteiger partial charge is 0.341 e. The number of nitriles is 1. The predicted molar refractivity (Wildman–Crippen MR) is 81.4 cm³/mol. The average Bonchev–Trinajstić information content (AvgIpc) is 2.44. The van der Waals surface area contributed by atoms with Crippen LogP contribution in [0.15, 0.2) is 22.7 Å². The van der Waals surface area contributed by atoms with Crippen molar-refractivity contribution in [1.29, 1.82) is 5.26 Å². The molecule has 0 saturated heterocycles. The van der Waals surface area contributed by atoms with E-state index in [0.717, 1.165) is 6.07 Å². The Hall–Kier alpha value is -1.94. The van der Waals surface area contributed by atoms with E-state index in [1.54, 1.807) is 20.8 Å². The van der Waals surface area contributed by atoms with Crippen molar-refractivity contribution in [2.24, 2.45) is 5.92 Å². The number of halogens is 2. The molecule has 22 heavy (non-hydrogen) atoms. The summed E-state index contributed by atoms with van der Waals surface area (Å²) in [4.78, 5) is 23.5. The van der Waals surface area contributed by atoms with E-state index in [1.807, 2.05) is 6.07 Å². The van der Waals surface area contributed by atoms with E-state index in [4.69, 9.17) is 10.00 Å². The molecule has 0 aliphatic rings. The van der Waals surface area contributed by atoms with Gasteiger partial charge < -0.3 is 10.1 Å². The van der Waals surface area contributed by atoms with Crippen molar-refractivity contribution in [2.75, 3.05) is 6.61 Å². The van der Waals surface area contributed by atoms with E-state index in [1.165, 1.54) is 12.1 Å². The molecule has 1 aromatic carbocycles. The molecular weight excluding hydrogens is 355 g/mol. The number of hydrogen-bond donors (Lipinski definition) is 1. The molecule has 5 nitrogen and oxygen atoms in total. The fraction of sp³-hybridized carbons (Fsp3) is 0.400. The quantitative estimate of drug-likeness (QED) is 0.808. The summed E-state index contributed by atoms with van der Waals surface area (Å²) in [5, 5.41) is 11.6. The van der Waals surface area contributed by atoms with Crippen LogP contribution in [0, 0.1) is 23.1 Å². The highest BCUT2D eigenvalue weighted by molar-refractivity contribution is 9.10. The van der Waals surface area contributed by atoms with Crippen molar-refractivity contribution in [2.45, 2.75) is 26.3 Å². The van der Waals surface area contributed by atoms with Gasteiger partial charge in [-0.2, -0.15) is 5.26 Å². The lowest BCUT2D eigenvalue weighted by atomic mass is 9.90. The van der Waals surface area contributed by atoms with Crippen molar-refractivity contribution in [3.63, 3.8) is 0 Å². The van der Waals surface area contributed by atoms with E-state index in [2.05, 4.69) is 21.2 Å². The lowest BCUT2D eigenvalue weighted by Crippen LogP contribution is -2.50. The fourth-order valence-electron chi connectivity index (χ4n) is 1.49. The number of carbonyl (C=O) groups is 2. The Morgan fingerprint density at radius 3 is 2.64 bits per heavy atom. The minimum atomic E-state index is -1.06. The number of esters is 1. The molecule has 7 heteroatoms. The number of nitrogens with zero attached hydrogens (tertiary/aromatic N) is 1. The zero-order chi connectivity index (χ0) is 16.9. The van der Waals surface area contributed by atoms with Crippen LogP contribution in [0.3, 0.4) is 0 Å². The number of hydrogen-bond acceptors (Lipinski definition) is 4. The second-order valence-corrected chi connectivity index (χ2v) is 6.13. The van der Waals surface area contributed by atoms with Gasteiger partial charge in [-0.15, -0.1) is 0 Å². The van der Waals surface area contributed by atoms with E-state index < -0.39 is 29.8 Å². The van der Waals surface area contributed by atoms with Gasteiger partial charge in [0.15, 0.2) is 6.61 Å². The maximum absolute atomic E-state index is 13.6. The molecule has 0 aliphatic carbocycles. The van der Waals surface area contributed by atoms with Crippen LogP contribution in [0.2, 0.25) is 0 Å². The molecule has 118 valence electrons. The fourth-order valence-corrected chi connectivity index (χ4v) is 1.82. The molecule has 0 heterocycles. The second-order valence-electron chi connectivity index (χ2n) is 5.22. The van der Waals surface area contributed by atoms with Crippen molar-refractivity contribution in [3.05, 3.63) is 34.1 Å². The van der Waals surface area contributed by atoms with Crippen molar-refractivity contribution in [3.8, 4) is 6.07 Å². The van der Waals surface area contributed by atoms with E-state index in [0.29, 0.717) is 4.47 Å². The monoisotopic (exact) mass is 370 g/mol. The summed E-state index contributed by atoms with van der Waals surface area (Å²) in [6.45, 7) is 4.56. The normalized spacial score (nSPS) is 13.1. The molecule has 1 N–H and O–H groups in total. The van der Waals surface area contributed by atoms with Gasteiger partial charge in [0.1, 0.15) is 11.4 Å².